The molecule has 1 aromatic carbocycles. The second-order valence-corrected chi connectivity index (χ2v) is 7.56. The highest BCUT2D eigenvalue weighted by molar-refractivity contribution is 7.99. The third-order valence-electron chi connectivity index (χ3n) is 4.70. The van der Waals surface area contributed by atoms with E-state index in [2.05, 4.69) is 51.6 Å². The van der Waals surface area contributed by atoms with Gasteiger partial charge in [-0.1, -0.05) is 43.0 Å². The van der Waals surface area contributed by atoms with Crippen molar-refractivity contribution in [1.82, 2.24) is 20.1 Å². The van der Waals surface area contributed by atoms with Crippen LogP contribution in [0.5, 0.6) is 0 Å². The molecule has 1 amide bonds. The SMILES string of the molecule is CCc1ccc(C(C)NC(=O)CSc2nnc(N3CCOCC3)n2C)cc1. The Morgan fingerprint density at radius 1 is 1.26 bits per heavy atom. The number of amides is 1. The number of morpholine rings is 1. The molecule has 1 N–H and O–H groups in total. The number of rotatable bonds is 7. The Hall–Kier alpha value is -2.06. The van der Waals surface area contributed by atoms with Gasteiger partial charge in [-0.3, -0.25) is 9.36 Å². The van der Waals surface area contributed by atoms with Gasteiger partial charge in [-0.25, -0.2) is 0 Å². The minimum atomic E-state index is -0.0209. The van der Waals surface area contributed by atoms with Crippen LogP contribution in [0.3, 0.4) is 0 Å². The van der Waals surface area contributed by atoms with Crippen molar-refractivity contribution >= 4 is 23.6 Å². The van der Waals surface area contributed by atoms with Gasteiger partial charge >= 0.3 is 0 Å². The fourth-order valence-electron chi connectivity index (χ4n) is 3.01. The average Bonchev–Trinajstić information content (AvgIpc) is 3.07. The number of aromatic nitrogens is 3. The zero-order valence-corrected chi connectivity index (χ0v) is 17.0. The Bertz CT molecular complexity index is 756. The van der Waals surface area contributed by atoms with Crippen LogP contribution in [0.1, 0.15) is 31.0 Å². The van der Waals surface area contributed by atoms with E-state index < -0.39 is 0 Å². The monoisotopic (exact) mass is 389 g/mol. The van der Waals surface area contributed by atoms with E-state index in [1.165, 1.54) is 17.3 Å². The number of anilines is 1. The molecule has 0 spiro atoms. The smallest absolute Gasteiger partial charge is 0.230 e. The minimum absolute atomic E-state index is 0.0111. The van der Waals surface area contributed by atoms with Gasteiger partial charge in [0, 0.05) is 20.1 Å². The standard InChI is InChI=1S/C19H27N5O2S/c1-4-15-5-7-16(8-6-15)14(2)20-17(25)13-27-19-22-21-18(23(19)3)24-9-11-26-12-10-24/h5-8,14H,4,9-13H2,1-3H3,(H,20,25). The highest BCUT2D eigenvalue weighted by atomic mass is 32.2. The van der Waals surface area contributed by atoms with Crippen molar-refractivity contribution in [2.45, 2.75) is 31.5 Å². The first-order chi connectivity index (χ1) is 13.1. The highest BCUT2D eigenvalue weighted by Gasteiger charge is 2.19. The van der Waals surface area contributed by atoms with Crippen molar-refractivity contribution in [1.29, 1.82) is 0 Å². The zero-order chi connectivity index (χ0) is 19.2. The van der Waals surface area contributed by atoms with Crippen molar-refractivity contribution in [2.75, 3.05) is 37.0 Å². The number of ether oxygens (including phenoxy) is 1. The summed E-state index contributed by atoms with van der Waals surface area (Å²) in [6.07, 6.45) is 1.02. The molecule has 0 saturated carbocycles. The lowest BCUT2D eigenvalue weighted by atomic mass is 10.1. The maximum absolute atomic E-state index is 12.3. The predicted molar refractivity (Wildman–Crippen MR) is 107 cm³/mol. The molecule has 2 aromatic rings. The van der Waals surface area contributed by atoms with Crippen molar-refractivity contribution in [3.63, 3.8) is 0 Å². The summed E-state index contributed by atoms with van der Waals surface area (Å²) in [5.74, 6) is 1.13. The van der Waals surface area contributed by atoms with E-state index >= 15 is 0 Å². The fraction of sp³-hybridized carbons (Fsp3) is 0.526. The Morgan fingerprint density at radius 3 is 2.63 bits per heavy atom. The molecule has 1 unspecified atom stereocenters. The lowest BCUT2D eigenvalue weighted by Gasteiger charge is -2.27. The molecule has 1 saturated heterocycles. The second-order valence-electron chi connectivity index (χ2n) is 6.61. The lowest BCUT2D eigenvalue weighted by Crippen LogP contribution is -2.37. The van der Waals surface area contributed by atoms with Crippen molar-refractivity contribution in [3.8, 4) is 0 Å². The van der Waals surface area contributed by atoms with Gasteiger partial charge in [0.15, 0.2) is 5.16 Å². The summed E-state index contributed by atoms with van der Waals surface area (Å²) in [4.78, 5) is 14.5. The van der Waals surface area contributed by atoms with Crippen LogP contribution in [-0.4, -0.2) is 52.7 Å². The minimum Gasteiger partial charge on any atom is -0.378 e. The van der Waals surface area contributed by atoms with E-state index in [1.54, 1.807) is 0 Å². The van der Waals surface area contributed by atoms with Gasteiger partial charge in [0.1, 0.15) is 0 Å². The summed E-state index contributed by atoms with van der Waals surface area (Å²) in [6, 6.07) is 8.36. The van der Waals surface area contributed by atoms with Crippen LogP contribution in [0.2, 0.25) is 0 Å². The summed E-state index contributed by atoms with van der Waals surface area (Å²) >= 11 is 1.40. The van der Waals surface area contributed by atoms with E-state index in [4.69, 9.17) is 4.74 Å². The van der Waals surface area contributed by atoms with E-state index in [0.29, 0.717) is 19.0 Å². The molecule has 3 rings (SSSR count). The summed E-state index contributed by atoms with van der Waals surface area (Å²) in [5.41, 5.74) is 2.41. The molecular formula is C19H27N5O2S. The summed E-state index contributed by atoms with van der Waals surface area (Å²) in [6.45, 7) is 7.16. The Kier molecular flexibility index (Phi) is 6.73. The van der Waals surface area contributed by atoms with Crippen LogP contribution in [0.4, 0.5) is 5.95 Å². The number of carbonyl (C=O) groups excluding carboxylic acids is 1. The molecule has 1 aliphatic rings. The van der Waals surface area contributed by atoms with Crippen molar-refractivity contribution in [3.05, 3.63) is 35.4 Å². The van der Waals surface area contributed by atoms with Crippen molar-refractivity contribution < 1.29 is 9.53 Å². The molecule has 0 radical (unpaired) electrons. The first-order valence-electron chi connectivity index (χ1n) is 9.31. The van der Waals surface area contributed by atoms with Crippen LogP contribution in [0.15, 0.2) is 29.4 Å². The molecule has 146 valence electrons. The predicted octanol–water partition coefficient (Wildman–Crippen LogP) is 2.18. The molecule has 1 aromatic heterocycles. The van der Waals surface area contributed by atoms with Crippen molar-refractivity contribution in [2.24, 2.45) is 7.05 Å². The maximum Gasteiger partial charge on any atom is 0.230 e. The number of nitrogens with one attached hydrogen (secondary N) is 1. The van der Waals surface area contributed by atoms with Gasteiger partial charge < -0.3 is 15.0 Å². The average molecular weight is 390 g/mol. The Labute approximate surface area is 164 Å². The lowest BCUT2D eigenvalue weighted by molar-refractivity contribution is -0.119. The number of benzene rings is 1. The summed E-state index contributed by atoms with van der Waals surface area (Å²) < 4.78 is 7.32. The maximum atomic E-state index is 12.3. The number of thioether (sulfide) groups is 1. The summed E-state index contributed by atoms with van der Waals surface area (Å²) in [5, 5.41) is 12.3. The van der Waals surface area contributed by atoms with Crippen LogP contribution in [0, 0.1) is 0 Å². The van der Waals surface area contributed by atoms with E-state index in [0.717, 1.165) is 36.2 Å². The number of hydrogen-bond donors (Lipinski definition) is 1. The van der Waals surface area contributed by atoms with E-state index in [-0.39, 0.29) is 11.9 Å². The molecule has 2 heterocycles. The molecule has 1 atom stereocenters. The first kappa shape index (κ1) is 19.7. The number of carbonyl (C=O) groups is 1. The topological polar surface area (TPSA) is 72.3 Å². The molecule has 0 bridgehead atoms. The Morgan fingerprint density at radius 2 is 1.96 bits per heavy atom. The van der Waals surface area contributed by atoms with Gasteiger partial charge in [0.25, 0.3) is 0 Å². The fourth-order valence-corrected chi connectivity index (χ4v) is 3.73. The Balaban J connectivity index is 1.52. The molecule has 8 heteroatoms. The van der Waals surface area contributed by atoms with Gasteiger partial charge in [-0.05, 0) is 24.5 Å². The third kappa shape index (κ3) is 5.01. The van der Waals surface area contributed by atoms with Gasteiger partial charge in [0.2, 0.25) is 11.9 Å². The highest BCUT2D eigenvalue weighted by Crippen LogP contribution is 2.21. The largest absolute Gasteiger partial charge is 0.378 e. The molecule has 7 nitrogen and oxygen atoms in total. The normalized spacial score (nSPS) is 15.6. The number of nitrogens with zero attached hydrogens (tertiary/aromatic N) is 4. The van der Waals surface area contributed by atoms with E-state index in [1.807, 2.05) is 18.5 Å². The molecule has 27 heavy (non-hydrogen) atoms. The third-order valence-corrected chi connectivity index (χ3v) is 5.72. The molecule has 1 aliphatic heterocycles. The van der Waals surface area contributed by atoms with Crippen LogP contribution in [-0.2, 0) is 23.0 Å². The van der Waals surface area contributed by atoms with Crippen LogP contribution < -0.4 is 10.2 Å². The van der Waals surface area contributed by atoms with Gasteiger partial charge in [0.05, 0.1) is 25.0 Å². The van der Waals surface area contributed by atoms with Crippen LogP contribution in [0.25, 0.3) is 0 Å². The zero-order valence-electron chi connectivity index (χ0n) is 16.1. The first-order valence-corrected chi connectivity index (χ1v) is 10.3. The number of hydrogen-bond acceptors (Lipinski definition) is 6. The molecule has 1 fully saturated rings. The van der Waals surface area contributed by atoms with E-state index in [9.17, 15) is 4.79 Å². The molecule has 0 aliphatic carbocycles. The second kappa shape index (κ2) is 9.23. The molecular weight excluding hydrogens is 362 g/mol. The quantitative estimate of drug-likeness (QED) is 0.732. The van der Waals surface area contributed by atoms with Crippen LogP contribution >= 0.6 is 11.8 Å². The van der Waals surface area contributed by atoms with Gasteiger partial charge in [-0.15, -0.1) is 10.2 Å². The number of aryl methyl sites for hydroxylation is 1. The summed E-state index contributed by atoms with van der Waals surface area (Å²) in [7, 11) is 1.93. The van der Waals surface area contributed by atoms with Gasteiger partial charge in [-0.2, -0.15) is 0 Å².